The van der Waals surface area contributed by atoms with E-state index in [0.717, 1.165) is 28.4 Å². The highest BCUT2D eigenvalue weighted by atomic mass is 32.1. The van der Waals surface area contributed by atoms with Gasteiger partial charge in [-0.25, -0.2) is 4.98 Å². The van der Waals surface area contributed by atoms with Crippen molar-refractivity contribution in [2.75, 3.05) is 7.11 Å². The van der Waals surface area contributed by atoms with Crippen LogP contribution in [-0.4, -0.2) is 22.9 Å². The number of carbonyl (C=O) groups excluding carboxylic acids is 1. The number of rotatable bonds is 5. The molecule has 0 aliphatic heterocycles. The van der Waals surface area contributed by atoms with E-state index < -0.39 is 0 Å². The quantitative estimate of drug-likeness (QED) is 0.646. The Kier molecular flexibility index (Phi) is 4.30. The third kappa shape index (κ3) is 2.92. The summed E-state index contributed by atoms with van der Waals surface area (Å²) in [5, 5.41) is 2.76. The lowest BCUT2D eigenvalue weighted by molar-refractivity contribution is 0.111. The van der Waals surface area contributed by atoms with Crippen LogP contribution in [0.15, 0.2) is 41.9 Å². The first-order valence-electron chi connectivity index (χ1n) is 7.40. The van der Waals surface area contributed by atoms with E-state index in [2.05, 4.69) is 31.0 Å². The summed E-state index contributed by atoms with van der Waals surface area (Å²) in [6.07, 6.45) is 2.68. The van der Waals surface area contributed by atoms with Gasteiger partial charge in [-0.05, 0) is 35.7 Å². The highest BCUT2D eigenvalue weighted by molar-refractivity contribution is 7.12. The van der Waals surface area contributed by atoms with E-state index in [4.69, 9.17) is 4.74 Å². The standard InChI is InChI=1S/C18H18N2O2S/c1-12(2)13-6-7-17(22-3)15(9-13)16-11-23-18(19-16)20-8-4-5-14(20)10-21/h4-12H,1-3H3. The van der Waals surface area contributed by atoms with E-state index in [1.54, 1.807) is 17.7 Å². The Hall–Kier alpha value is -2.40. The van der Waals surface area contributed by atoms with Crippen LogP contribution < -0.4 is 4.74 Å². The number of benzene rings is 1. The van der Waals surface area contributed by atoms with Crippen molar-refractivity contribution in [3.8, 4) is 22.1 Å². The van der Waals surface area contributed by atoms with Crippen molar-refractivity contribution in [1.82, 2.24) is 9.55 Å². The monoisotopic (exact) mass is 326 g/mol. The first-order chi connectivity index (χ1) is 11.1. The number of hydrogen-bond acceptors (Lipinski definition) is 4. The van der Waals surface area contributed by atoms with E-state index in [-0.39, 0.29) is 0 Å². The molecule has 23 heavy (non-hydrogen) atoms. The van der Waals surface area contributed by atoms with Crippen LogP contribution in [0.1, 0.15) is 35.8 Å². The van der Waals surface area contributed by atoms with Crippen LogP contribution in [0, 0.1) is 0 Å². The fraction of sp³-hybridized carbons (Fsp3) is 0.222. The maximum Gasteiger partial charge on any atom is 0.194 e. The largest absolute Gasteiger partial charge is 0.496 e. The zero-order chi connectivity index (χ0) is 16.4. The van der Waals surface area contributed by atoms with E-state index in [1.807, 2.05) is 23.7 Å². The summed E-state index contributed by atoms with van der Waals surface area (Å²) < 4.78 is 7.27. The molecule has 5 heteroatoms. The molecular formula is C18H18N2O2S. The Labute approximate surface area is 139 Å². The lowest BCUT2D eigenvalue weighted by Gasteiger charge is -2.11. The van der Waals surface area contributed by atoms with Gasteiger partial charge in [0.1, 0.15) is 5.75 Å². The molecule has 2 heterocycles. The first-order valence-corrected chi connectivity index (χ1v) is 8.28. The van der Waals surface area contributed by atoms with Crippen molar-refractivity contribution in [1.29, 1.82) is 0 Å². The van der Waals surface area contributed by atoms with Gasteiger partial charge in [-0.15, -0.1) is 11.3 Å². The van der Waals surface area contributed by atoms with Gasteiger partial charge in [0.2, 0.25) is 0 Å². The lowest BCUT2D eigenvalue weighted by Crippen LogP contribution is -1.97. The van der Waals surface area contributed by atoms with Gasteiger partial charge in [0, 0.05) is 17.1 Å². The molecule has 3 aromatic rings. The third-order valence-electron chi connectivity index (χ3n) is 3.77. The van der Waals surface area contributed by atoms with E-state index in [0.29, 0.717) is 11.6 Å². The van der Waals surface area contributed by atoms with Gasteiger partial charge in [-0.1, -0.05) is 19.9 Å². The van der Waals surface area contributed by atoms with Gasteiger partial charge in [-0.2, -0.15) is 0 Å². The van der Waals surface area contributed by atoms with Crippen LogP contribution in [0.5, 0.6) is 5.75 Å². The number of hydrogen-bond donors (Lipinski definition) is 0. The number of aldehydes is 1. The van der Waals surface area contributed by atoms with Crippen LogP contribution in [0.2, 0.25) is 0 Å². The normalized spacial score (nSPS) is 11.0. The Morgan fingerprint density at radius 3 is 2.83 bits per heavy atom. The Balaban J connectivity index is 2.06. The Morgan fingerprint density at radius 1 is 1.30 bits per heavy atom. The maximum absolute atomic E-state index is 11.1. The summed E-state index contributed by atoms with van der Waals surface area (Å²) in [6, 6.07) is 9.80. The molecule has 0 spiro atoms. The van der Waals surface area contributed by atoms with Crippen LogP contribution >= 0.6 is 11.3 Å². The molecule has 0 bridgehead atoms. The molecule has 0 saturated heterocycles. The zero-order valence-corrected chi connectivity index (χ0v) is 14.1. The molecule has 0 amide bonds. The zero-order valence-electron chi connectivity index (χ0n) is 13.3. The number of carbonyl (C=O) groups is 1. The number of thiazole rings is 1. The smallest absolute Gasteiger partial charge is 0.194 e. The SMILES string of the molecule is COc1ccc(C(C)C)cc1-c1csc(-n2cccc2C=O)n1. The molecule has 3 rings (SSSR count). The number of ether oxygens (including phenoxy) is 1. The highest BCUT2D eigenvalue weighted by Crippen LogP contribution is 2.34. The van der Waals surface area contributed by atoms with Crippen molar-refractivity contribution in [2.24, 2.45) is 0 Å². The van der Waals surface area contributed by atoms with Gasteiger partial charge in [-0.3, -0.25) is 9.36 Å². The minimum atomic E-state index is 0.434. The van der Waals surface area contributed by atoms with Crippen molar-refractivity contribution < 1.29 is 9.53 Å². The number of aromatic nitrogens is 2. The minimum absolute atomic E-state index is 0.434. The Morgan fingerprint density at radius 2 is 2.13 bits per heavy atom. The first kappa shape index (κ1) is 15.5. The van der Waals surface area contributed by atoms with Gasteiger partial charge >= 0.3 is 0 Å². The summed E-state index contributed by atoms with van der Waals surface area (Å²) in [5.74, 6) is 1.23. The Bertz CT molecular complexity index is 833. The predicted octanol–water partition coefficient (Wildman–Crippen LogP) is 4.55. The summed E-state index contributed by atoms with van der Waals surface area (Å²) in [7, 11) is 1.66. The second-order valence-corrected chi connectivity index (χ2v) is 6.39. The molecule has 0 fully saturated rings. The second kappa shape index (κ2) is 6.38. The molecule has 2 aromatic heterocycles. The highest BCUT2D eigenvalue weighted by Gasteiger charge is 2.14. The second-order valence-electron chi connectivity index (χ2n) is 5.55. The summed E-state index contributed by atoms with van der Waals surface area (Å²) in [5.41, 5.74) is 3.66. The molecule has 0 N–H and O–H groups in total. The van der Waals surface area contributed by atoms with E-state index in [9.17, 15) is 4.79 Å². The van der Waals surface area contributed by atoms with Gasteiger partial charge in [0.25, 0.3) is 0 Å². The summed E-state index contributed by atoms with van der Waals surface area (Å²) in [4.78, 5) is 15.8. The van der Waals surface area contributed by atoms with Crippen molar-refractivity contribution in [3.05, 3.63) is 53.2 Å². The summed E-state index contributed by atoms with van der Waals surface area (Å²) in [6.45, 7) is 4.32. The topological polar surface area (TPSA) is 44.1 Å². The van der Waals surface area contributed by atoms with Crippen LogP contribution in [0.25, 0.3) is 16.4 Å². The third-order valence-corrected chi connectivity index (χ3v) is 4.61. The average Bonchev–Trinajstić information content (AvgIpc) is 3.22. The van der Waals surface area contributed by atoms with Crippen LogP contribution in [0.4, 0.5) is 0 Å². The fourth-order valence-electron chi connectivity index (χ4n) is 2.45. The lowest BCUT2D eigenvalue weighted by atomic mass is 9.99. The average molecular weight is 326 g/mol. The minimum Gasteiger partial charge on any atom is -0.496 e. The molecule has 0 radical (unpaired) electrons. The van der Waals surface area contributed by atoms with Gasteiger partial charge in [0.05, 0.1) is 18.5 Å². The number of nitrogens with zero attached hydrogens (tertiary/aromatic N) is 2. The van der Waals surface area contributed by atoms with Crippen LogP contribution in [-0.2, 0) is 0 Å². The summed E-state index contributed by atoms with van der Waals surface area (Å²) >= 11 is 1.50. The molecule has 118 valence electrons. The fourth-order valence-corrected chi connectivity index (χ4v) is 3.28. The van der Waals surface area contributed by atoms with Crippen molar-refractivity contribution in [3.63, 3.8) is 0 Å². The maximum atomic E-state index is 11.1. The van der Waals surface area contributed by atoms with Crippen molar-refractivity contribution in [2.45, 2.75) is 19.8 Å². The molecule has 1 aromatic carbocycles. The number of methoxy groups -OCH3 is 1. The van der Waals surface area contributed by atoms with Crippen molar-refractivity contribution >= 4 is 17.6 Å². The molecule has 4 nitrogen and oxygen atoms in total. The van der Waals surface area contributed by atoms with Gasteiger partial charge < -0.3 is 4.74 Å². The predicted molar refractivity (Wildman–Crippen MR) is 92.9 cm³/mol. The molecule has 0 aliphatic carbocycles. The molecule has 0 saturated carbocycles. The van der Waals surface area contributed by atoms with Gasteiger partial charge in [0.15, 0.2) is 11.4 Å². The molecule has 0 unspecified atom stereocenters. The molecular weight excluding hydrogens is 308 g/mol. The molecule has 0 aliphatic rings. The van der Waals surface area contributed by atoms with Crippen LogP contribution in [0.3, 0.4) is 0 Å². The van der Waals surface area contributed by atoms with E-state index >= 15 is 0 Å². The molecule has 0 atom stereocenters. The van der Waals surface area contributed by atoms with E-state index in [1.165, 1.54) is 16.9 Å².